The molecule has 2 aromatic heterocycles. The van der Waals surface area contributed by atoms with E-state index in [4.69, 9.17) is 45.9 Å². The zero-order valence-corrected chi connectivity index (χ0v) is 23.9. The number of rotatable bonds is 6. The van der Waals surface area contributed by atoms with Crippen molar-refractivity contribution in [2.75, 3.05) is 6.61 Å². The molecule has 0 aliphatic carbocycles. The molecule has 6 rings (SSSR count). The molecule has 9 nitrogen and oxygen atoms in total. The molecular weight excluding hydrogens is 614 g/mol. The zero-order valence-electron chi connectivity index (χ0n) is 21.5. The van der Waals surface area contributed by atoms with Gasteiger partial charge in [-0.2, -0.15) is 4.98 Å². The minimum absolute atomic E-state index is 0.0202. The van der Waals surface area contributed by atoms with E-state index in [0.717, 1.165) is 5.56 Å². The standard InChI is InChI=1S/C30H21BrClN3O6/c1-2-38-29(36)23-21(22-25(40-26(23)33)18-12-16(32)13-19(31)24(18)41-30(22)37)27-34-20-11-7-6-10-17(20)28(35-27)39-14-15-8-4-3-5-9-15/h3-13,21H,2,14,33H2,1H3. The number of para-hydroxylation sites is 1. The van der Waals surface area contributed by atoms with E-state index >= 15 is 0 Å². The average Bonchev–Trinajstić information content (AvgIpc) is 2.96. The largest absolute Gasteiger partial charge is 0.472 e. The average molecular weight is 635 g/mol. The molecule has 0 fully saturated rings. The van der Waals surface area contributed by atoms with Gasteiger partial charge in [0.2, 0.25) is 11.8 Å². The molecule has 0 saturated carbocycles. The van der Waals surface area contributed by atoms with Crippen molar-refractivity contribution in [3.05, 3.63) is 115 Å². The summed E-state index contributed by atoms with van der Waals surface area (Å²) >= 11 is 9.71. The molecule has 0 radical (unpaired) electrons. The number of hydrogen-bond donors (Lipinski definition) is 1. The van der Waals surface area contributed by atoms with E-state index < -0.39 is 17.5 Å². The van der Waals surface area contributed by atoms with Crippen molar-refractivity contribution in [2.45, 2.75) is 19.4 Å². The number of hydrogen-bond acceptors (Lipinski definition) is 9. The van der Waals surface area contributed by atoms with Gasteiger partial charge in [0.05, 0.1) is 38.9 Å². The Bertz CT molecular complexity index is 1930. The van der Waals surface area contributed by atoms with Crippen molar-refractivity contribution in [3.63, 3.8) is 0 Å². The summed E-state index contributed by atoms with van der Waals surface area (Å²) < 4.78 is 23.5. The highest BCUT2D eigenvalue weighted by Gasteiger charge is 2.41. The fourth-order valence-corrected chi connectivity index (χ4v) is 5.64. The van der Waals surface area contributed by atoms with Gasteiger partial charge in [-0.15, -0.1) is 0 Å². The van der Waals surface area contributed by atoms with Crippen LogP contribution in [0.2, 0.25) is 5.02 Å². The number of esters is 1. The van der Waals surface area contributed by atoms with Crippen LogP contribution in [-0.4, -0.2) is 22.5 Å². The number of fused-ring (bicyclic) bond motifs is 4. The molecule has 0 saturated heterocycles. The Kier molecular flexibility index (Phi) is 7.10. The van der Waals surface area contributed by atoms with Gasteiger partial charge in [0.1, 0.15) is 18.0 Å². The van der Waals surface area contributed by atoms with Gasteiger partial charge in [0, 0.05) is 5.02 Å². The Labute approximate surface area is 246 Å². The maximum absolute atomic E-state index is 13.6. The van der Waals surface area contributed by atoms with E-state index in [1.54, 1.807) is 25.1 Å². The molecule has 2 N–H and O–H groups in total. The number of ether oxygens (including phenoxy) is 3. The highest BCUT2D eigenvalue weighted by atomic mass is 79.9. The Morgan fingerprint density at radius 1 is 1.07 bits per heavy atom. The van der Waals surface area contributed by atoms with Crippen molar-refractivity contribution in [1.82, 2.24) is 9.97 Å². The van der Waals surface area contributed by atoms with Crippen LogP contribution in [-0.2, 0) is 16.1 Å². The highest BCUT2D eigenvalue weighted by molar-refractivity contribution is 9.10. The lowest BCUT2D eigenvalue weighted by atomic mass is 9.88. The third-order valence-electron chi connectivity index (χ3n) is 6.52. The van der Waals surface area contributed by atoms with Crippen molar-refractivity contribution in [3.8, 4) is 11.6 Å². The van der Waals surface area contributed by atoms with Crippen LogP contribution >= 0.6 is 27.5 Å². The molecule has 206 valence electrons. The number of carbonyl (C=O) groups is 1. The smallest absolute Gasteiger partial charge is 0.344 e. The van der Waals surface area contributed by atoms with Crippen LogP contribution in [0.3, 0.4) is 0 Å². The highest BCUT2D eigenvalue weighted by Crippen LogP contribution is 2.45. The minimum atomic E-state index is -1.19. The second kappa shape index (κ2) is 10.9. The van der Waals surface area contributed by atoms with Crippen molar-refractivity contribution in [2.24, 2.45) is 5.73 Å². The lowest BCUT2D eigenvalue weighted by Gasteiger charge is -2.27. The van der Waals surface area contributed by atoms with E-state index in [0.29, 0.717) is 25.8 Å². The van der Waals surface area contributed by atoms with Crippen molar-refractivity contribution < 1.29 is 23.4 Å². The van der Waals surface area contributed by atoms with Gasteiger partial charge < -0.3 is 24.4 Å². The second-order valence-corrected chi connectivity index (χ2v) is 10.4. The van der Waals surface area contributed by atoms with E-state index in [-0.39, 0.29) is 53.3 Å². The van der Waals surface area contributed by atoms with Crippen LogP contribution < -0.4 is 20.8 Å². The molecule has 5 aromatic rings. The minimum Gasteiger partial charge on any atom is -0.472 e. The number of aromatic nitrogens is 2. The molecule has 0 amide bonds. The van der Waals surface area contributed by atoms with E-state index in [9.17, 15) is 9.59 Å². The maximum Gasteiger partial charge on any atom is 0.344 e. The van der Waals surface area contributed by atoms with E-state index in [1.807, 2.05) is 48.5 Å². The van der Waals surface area contributed by atoms with Crippen molar-refractivity contribution >= 4 is 55.4 Å². The Balaban J connectivity index is 1.60. The summed E-state index contributed by atoms with van der Waals surface area (Å²) in [4.78, 5) is 36.3. The van der Waals surface area contributed by atoms with Crippen LogP contribution in [0, 0.1) is 0 Å². The van der Waals surface area contributed by atoms with Gasteiger partial charge >= 0.3 is 11.6 Å². The summed E-state index contributed by atoms with van der Waals surface area (Å²) in [6.07, 6.45) is 0. The molecule has 0 spiro atoms. The molecule has 1 aliphatic rings. The van der Waals surface area contributed by atoms with Gasteiger partial charge in [0.15, 0.2) is 11.3 Å². The third-order valence-corrected chi connectivity index (χ3v) is 7.33. The van der Waals surface area contributed by atoms with Gasteiger partial charge in [-0.3, -0.25) is 0 Å². The van der Waals surface area contributed by atoms with Crippen LogP contribution in [0.15, 0.2) is 91.9 Å². The molecule has 1 atom stereocenters. The lowest BCUT2D eigenvalue weighted by molar-refractivity contribution is -0.139. The maximum atomic E-state index is 13.6. The summed E-state index contributed by atoms with van der Waals surface area (Å²) in [6.45, 7) is 1.95. The van der Waals surface area contributed by atoms with Gasteiger partial charge in [-0.25, -0.2) is 14.6 Å². The van der Waals surface area contributed by atoms with Gasteiger partial charge in [-0.1, -0.05) is 54.1 Å². The number of benzene rings is 3. The number of halogens is 2. The molecule has 11 heteroatoms. The molecular formula is C30H21BrClN3O6. The van der Waals surface area contributed by atoms with E-state index in [1.165, 1.54) is 0 Å². The topological polar surface area (TPSA) is 127 Å². The first kappa shape index (κ1) is 26.8. The normalized spacial score (nSPS) is 14.6. The van der Waals surface area contributed by atoms with Crippen LogP contribution in [0.25, 0.3) is 21.9 Å². The summed E-state index contributed by atoms with van der Waals surface area (Å²) in [5.41, 5.74) is 7.10. The Hall–Kier alpha value is -4.41. The summed E-state index contributed by atoms with van der Waals surface area (Å²) in [5.74, 6) is -1.81. The molecule has 0 bridgehead atoms. The SMILES string of the molecule is CCOC(=O)C1=C(N)Oc2c(c(=O)oc3c(Br)cc(Cl)cc23)C1c1nc(OCc2ccccc2)c2ccccc2n1. The quantitative estimate of drug-likeness (QED) is 0.177. The molecule has 41 heavy (non-hydrogen) atoms. The Morgan fingerprint density at radius 2 is 1.83 bits per heavy atom. The predicted molar refractivity (Wildman–Crippen MR) is 156 cm³/mol. The summed E-state index contributed by atoms with van der Waals surface area (Å²) in [6, 6.07) is 20.0. The zero-order chi connectivity index (χ0) is 28.7. The van der Waals surface area contributed by atoms with Crippen LogP contribution in [0.5, 0.6) is 11.6 Å². The van der Waals surface area contributed by atoms with Gasteiger partial charge in [0.25, 0.3) is 0 Å². The second-order valence-electron chi connectivity index (χ2n) is 9.11. The van der Waals surface area contributed by atoms with Gasteiger partial charge in [-0.05, 0) is 52.7 Å². The monoisotopic (exact) mass is 633 g/mol. The number of nitrogens with two attached hydrogens (primary N) is 1. The molecule has 3 heterocycles. The molecule has 1 aliphatic heterocycles. The summed E-state index contributed by atoms with van der Waals surface area (Å²) in [5, 5.41) is 1.38. The van der Waals surface area contributed by atoms with E-state index in [2.05, 4.69) is 15.9 Å². The first-order valence-corrected chi connectivity index (χ1v) is 13.8. The fraction of sp³-hybridized carbons (Fsp3) is 0.133. The third kappa shape index (κ3) is 4.89. The number of carbonyl (C=O) groups excluding carboxylic acids is 1. The number of nitrogens with zero attached hydrogens (tertiary/aromatic N) is 2. The fourth-order valence-electron chi connectivity index (χ4n) is 4.74. The van der Waals surface area contributed by atoms with Crippen molar-refractivity contribution in [1.29, 1.82) is 0 Å². The summed E-state index contributed by atoms with van der Waals surface area (Å²) in [7, 11) is 0. The predicted octanol–water partition coefficient (Wildman–Crippen LogP) is 5.99. The van der Waals surface area contributed by atoms with Crippen LogP contribution in [0.4, 0.5) is 0 Å². The first-order valence-electron chi connectivity index (χ1n) is 12.6. The molecule has 3 aromatic carbocycles. The Morgan fingerprint density at radius 3 is 2.61 bits per heavy atom. The first-order chi connectivity index (χ1) is 19.9. The lowest BCUT2D eigenvalue weighted by Crippen LogP contribution is -2.32. The molecule has 1 unspecified atom stereocenters. The van der Waals surface area contributed by atoms with Crippen LogP contribution in [0.1, 0.15) is 29.8 Å².